The van der Waals surface area contributed by atoms with Gasteiger partial charge in [0.1, 0.15) is 11.7 Å². The number of nitrogens with one attached hydrogen (secondary N) is 1. The molecule has 0 radical (unpaired) electrons. The Labute approximate surface area is 89.8 Å². The van der Waals surface area contributed by atoms with Crippen LogP contribution in [0.25, 0.3) is 0 Å². The van der Waals surface area contributed by atoms with Gasteiger partial charge in [0.15, 0.2) is 0 Å². The molecule has 0 aromatic carbocycles. The SMILES string of the molecule is CC(C)(C)OC(=O)NCCC(O)C1CO1. The molecule has 2 unspecified atom stereocenters. The molecule has 0 aromatic heterocycles. The third-order valence-corrected chi connectivity index (χ3v) is 1.90. The van der Waals surface area contributed by atoms with E-state index in [1.165, 1.54) is 0 Å². The predicted molar refractivity (Wildman–Crippen MR) is 54.6 cm³/mol. The van der Waals surface area contributed by atoms with Crippen molar-refractivity contribution in [2.45, 2.75) is 45.0 Å². The summed E-state index contributed by atoms with van der Waals surface area (Å²) >= 11 is 0. The van der Waals surface area contributed by atoms with E-state index >= 15 is 0 Å². The number of aliphatic hydroxyl groups is 1. The zero-order valence-corrected chi connectivity index (χ0v) is 9.45. The highest BCUT2D eigenvalue weighted by atomic mass is 16.6. The Bertz CT molecular complexity index is 220. The van der Waals surface area contributed by atoms with Crippen LogP contribution in [0.5, 0.6) is 0 Å². The van der Waals surface area contributed by atoms with Gasteiger partial charge in [0.25, 0.3) is 0 Å². The van der Waals surface area contributed by atoms with E-state index in [2.05, 4.69) is 5.32 Å². The zero-order chi connectivity index (χ0) is 11.5. The largest absolute Gasteiger partial charge is 0.444 e. The number of carbonyl (C=O) groups is 1. The number of amides is 1. The average molecular weight is 217 g/mol. The number of alkyl carbamates (subject to hydrolysis) is 1. The fourth-order valence-electron chi connectivity index (χ4n) is 1.10. The quantitative estimate of drug-likeness (QED) is 0.679. The van der Waals surface area contributed by atoms with Crippen LogP contribution in [-0.4, -0.2) is 42.2 Å². The molecule has 1 amide bonds. The summed E-state index contributed by atoms with van der Waals surface area (Å²) in [5, 5.41) is 12.0. The highest BCUT2D eigenvalue weighted by Crippen LogP contribution is 2.15. The first kappa shape index (κ1) is 12.3. The third kappa shape index (κ3) is 5.59. The Morgan fingerprint density at radius 3 is 2.73 bits per heavy atom. The van der Waals surface area contributed by atoms with E-state index < -0.39 is 17.8 Å². The van der Waals surface area contributed by atoms with Gasteiger partial charge in [-0.3, -0.25) is 0 Å². The first-order valence-electron chi connectivity index (χ1n) is 5.15. The van der Waals surface area contributed by atoms with Gasteiger partial charge >= 0.3 is 6.09 Å². The van der Waals surface area contributed by atoms with Gasteiger partial charge in [0.2, 0.25) is 0 Å². The van der Waals surface area contributed by atoms with Crippen molar-refractivity contribution in [2.75, 3.05) is 13.2 Å². The molecular weight excluding hydrogens is 198 g/mol. The molecule has 5 nitrogen and oxygen atoms in total. The molecule has 0 aromatic rings. The molecule has 0 spiro atoms. The highest BCUT2D eigenvalue weighted by Gasteiger charge is 2.30. The Morgan fingerprint density at radius 1 is 1.67 bits per heavy atom. The first-order valence-corrected chi connectivity index (χ1v) is 5.15. The van der Waals surface area contributed by atoms with Gasteiger partial charge in [-0.25, -0.2) is 4.79 Å². The Morgan fingerprint density at radius 2 is 2.27 bits per heavy atom. The molecule has 2 N–H and O–H groups in total. The number of carbonyl (C=O) groups excluding carboxylic acids is 1. The maximum absolute atomic E-state index is 11.2. The molecule has 1 aliphatic heterocycles. The van der Waals surface area contributed by atoms with Crippen LogP contribution >= 0.6 is 0 Å². The van der Waals surface area contributed by atoms with E-state index in [1.54, 1.807) is 20.8 Å². The van der Waals surface area contributed by atoms with Gasteiger partial charge in [0, 0.05) is 6.54 Å². The van der Waals surface area contributed by atoms with E-state index in [0.29, 0.717) is 19.6 Å². The van der Waals surface area contributed by atoms with Gasteiger partial charge in [-0.2, -0.15) is 0 Å². The normalized spacial score (nSPS) is 22.0. The molecule has 15 heavy (non-hydrogen) atoms. The fraction of sp³-hybridized carbons (Fsp3) is 0.900. The summed E-state index contributed by atoms with van der Waals surface area (Å²) in [6, 6.07) is 0. The number of hydrogen-bond donors (Lipinski definition) is 2. The monoisotopic (exact) mass is 217 g/mol. The minimum absolute atomic E-state index is 0.0366. The van der Waals surface area contributed by atoms with Crippen molar-refractivity contribution in [1.29, 1.82) is 0 Å². The van der Waals surface area contributed by atoms with Crippen molar-refractivity contribution in [3.05, 3.63) is 0 Å². The second kappa shape index (κ2) is 4.81. The molecule has 1 heterocycles. The van der Waals surface area contributed by atoms with Crippen molar-refractivity contribution < 1.29 is 19.4 Å². The summed E-state index contributed by atoms with van der Waals surface area (Å²) < 4.78 is 9.95. The summed E-state index contributed by atoms with van der Waals surface area (Å²) in [6.45, 7) is 6.43. The molecule has 1 rings (SSSR count). The van der Waals surface area contributed by atoms with Crippen molar-refractivity contribution in [3.8, 4) is 0 Å². The molecule has 0 bridgehead atoms. The summed E-state index contributed by atoms with van der Waals surface area (Å²) in [5.41, 5.74) is -0.484. The number of ether oxygens (including phenoxy) is 2. The lowest BCUT2D eigenvalue weighted by Gasteiger charge is -2.19. The van der Waals surface area contributed by atoms with E-state index in [1.807, 2.05) is 0 Å². The van der Waals surface area contributed by atoms with Crippen molar-refractivity contribution in [3.63, 3.8) is 0 Å². The minimum Gasteiger partial charge on any atom is -0.444 e. The predicted octanol–water partition coefficient (Wildman–Crippen LogP) is 0.661. The minimum atomic E-state index is -0.486. The number of hydrogen-bond acceptors (Lipinski definition) is 4. The maximum Gasteiger partial charge on any atom is 0.407 e. The Kier molecular flexibility index (Phi) is 3.93. The van der Waals surface area contributed by atoms with E-state index in [-0.39, 0.29) is 6.10 Å². The molecule has 1 fully saturated rings. The average Bonchev–Trinajstić information content (AvgIpc) is 2.81. The number of aliphatic hydroxyl groups excluding tert-OH is 1. The molecule has 5 heteroatoms. The highest BCUT2D eigenvalue weighted by molar-refractivity contribution is 5.67. The zero-order valence-electron chi connectivity index (χ0n) is 9.45. The molecule has 0 saturated carbocycles. The summed E-state index contributed by atoms with van der Waals surface area (Å²) in [7, 11) is 0. The van der Waals surface area contributed by atoms with Crippen molar-refractivity contribution in [1.82, 2.24) is 5.32 Å². The van der Waals surface area contributed by atoms with Gasteiger partial charge in [-0.1, -0.05) is 0 Å². The summed E-state index contributed by atoms with van der Waals surface area (Å²) in [6.07, 6.45) is -0.485. The van der Waals surface area contributed by atoms with Crippen LogP contribution in [0.3, 0.4) is 0 Å². The molecule has 1 saturated heterocycles. The van der Waals surface area contributed by atoms with Gasteiger partial charge in [0.05, 0.1) is 12.7 Å². The van der Waals surface area contributed by atoms with Crippen molar-refractivity contribution >= 4 is 6.09 Å². The van der Waals surface area contributed by atoms with Crippen molar-refractivity contribution in [2.24, 2.45) is 0 Å². The van der Waals surface area contributed by atoms with E-state index in [4.69, 9.17) is 9.47 Å². The molecule has 1 aliphatic rings. The lowest BCUT2D eigenvalue weighted by atomic mass is 10.2. The summed E-state index contributed by atoms with van der Waals surface area (Å²) in [4.78, 5) is 11.2. The number of rotatable bonds is 4. The molecular formula is C10H19NO4. The van der Waals surface area contributed by atoms with Gasteiger partial charge in [-0.05, 0) is 27.2 Å². The number of epoxide rings is 1. The second-order valence-electron chi connectivity index (χ2n) is 4.66. The Balaban J connectivity index is 2.06. The lowest BCUT2D eigenvalue weighted by molar-refractivity contribution is 0.0513. The maximum atomic E-state index is 11.2. The molecule has 0 aliphatic carbocycles. The van der Waals surface area contributed by atoms with Crippen LogP contribution in [0, 0.1) is 0 Å². The van der Waals surface area contributed by atoms with Gasteiger partial charge in [-0.15, -0.1) is 0 Å². The van der Waals surface area contributed by atoms with E-state index in [0.717, 1.165) is 0 Å². The smallest absolute Gasteiger partial charge is 0.407 e. The van der Waals surface area contributed by atoms with Crippen LogP contribution in [-0.2, 0) is 9.47 Å². The molecule has 2 atom stereocenters. The van der Waals surface area contributed by atoms with Crippen LogP contribution in [0.2, 0.25) is 0 Å². The van der Waals surface area contributed by atoms with Crippen LogP contribution < -0.4 is 5.32 Å². The topological polar surface area (TPSA) is 71.1 Å². The lowest BCUT2D eigenvalue weighted by Crippen LogP contribution is -2.34. The standard InChI is InChI=1S/C10H19NO4/c1-10(2,3)15-9(13)11-5-4-7(12)8-6-14-8/h7-8,12H,4-6H2,1-3H3,(H,11,13). The molecule has 88 valence electrons. The fourth-order valence-corrected chi connectivity index (χ4v) is 1.10. The van der Waals surface area contributed by atoms with Crippen LogP contribution in [0.15, 0.2) is 0 Å². The van der Waals surface area contributed by atoms with Gasteiger partial charge < -0.3 is 19.9 Å². The first-order chi connectivity index (χ1) is 6.88. The third-order valence-electron chi connectivity index (χ3n) is 1.90. The second-order valence-corrected chi connectivity index (χ2v) is 4.66. The van der Waals surface area contributed by atoms with Crippen LogP contribution in [0.1, 0.15) is 27.2 Å². The Hall–Kier alpha value is -0.810. The summed E-state index contributed by atoms with van der Waals surface area (Å²) in [5.74, 6) is 0. The van der Waals surface area contributed by atoms with E-state index in [9.17, 15) is 9.90 Å². The van der Waals surface area contributed by atoms with Crippen LogP contribution in [0.4, 0.5) is 4.79 Å².